The van der Waals surface area contributed by atoms with Gasteiger partial charge in [-0.2, -0.15) is 11.8 Å². The zero-order valence-electron chi connectivity index (χ0n) is 19.5. The first-order valence-corrected chi connectivity index (χ1v) is 13.1. The molecule has 3 atom stereocenters. The van der Waals surface area contributed by atoms with E-state index < -0.39 is 23.0 Å². The number of carbonyl (C=O) groups is 2. The first kappa shape index (κ1) is 23.9. The number of nitrogens with zero attached hydrogens (tertiary/aromatic N) is 3. The van der Waals surface area contributed by atoms with Crippen LogP contribution in [0, 0.1) is 5.82 Å². The smallest absolute Gasteiger partial charge is 0.276 e. The molecule has 35 heavy (non-hydrogen) atoms. The Morgan fingerprint density at radius 3 is 2.54 bits per heavy atom. The zero-order valence-corrected chi connectivity index (χ0v) is 20.3. The Morgan fingerprint density at radius 1 is 1.20 bits per heavy atom. The summed E-state index contributed by atoms with van der Waals surface area (Å²) in [5.41, 5.74) is 5.05. The number of carbonyl (C=O) groups excluding carboxylic acids is 2. The van der Waals surface area contributed by atoms with Crippen molar-refractivity contribution in [3.63, 3.8) is 0 Å². The molecule has 0 bridgehead atoms. The van der Waals surface area contributed by atoms with Crippen LogP contribution in [0.25, 0.3) is 0 Å². The van der Waals surface area contributed by atoms with Gasteiger partial charge in [0.2, 0.25) is 5.43 Å². The van der Waals surface area contributed by atoms with E-state index in [0.717, 1.165) is 36.3 Å². The van der Waals surface area contributed by atoms with Gasteiger partial charge in [-0.25, -0.2) is 4.39 Å². The van der Waals surface area contributed by atoms with E-state index in [1.165, 1.54) is 22.9 Å². The monoisotopic (exact) mass is 500 g/mol. The summed E-state index contributed by atoms with van der Waals surface area (Å²) in [5.74, 6) is -0.289. The number of nitrogens with two attached hydrogens (primary N) is 1. The van der Waals surface area contributed by atoms with E-state index in [-0.39, 0.29) is 41.4 Å². The lowest BCUT2D eigenvalue weighted by Crippen LogP contribution is -2.69. The third-order valence-electron chi connectivity index (χ3n) is 7.49. The van der Waals surface area contributed by atoms with Crippen LogP contribution in [0.3, 0.4) is 0 Å². The number of aromatic hydroxyl groups is 1. The Hall–Kier alpha value is -2.85. The summed E-state index contributed by atoms with van der Waals surface area (Å²) in [6.07, 6.45) is 4.42. The average molecular weight is 501 g/mol. The van der Waals surface area contributed by atoms with E-state index in [1.807, 2.05) is 30.8 Å². The van der Waals surface area contributed by atoms with Crippen LogP contribution in [0.1, 0.15) is 52.6 Å². The second kappa shape index (κ2) is 9.31. The molecule has 0 aliphatic carbocycles. The van der Waals surface area contributed by atoms with Crippen molar-refractivity contribution < 1.29 is 19.1 Å². The molecule has 8 nitrogen and oxygen atoms in total. The third-order valence-corrected chi connectivity index (χ3v) is 8.54. The minimum absolute atomic E-state index is 0.0979. The number of thioether (sulfide) groups is 1. The standard InChI is InChI=1S/C25H29FN4O4S/c1-14-10-18(11-15-2-4-16(26)5-3-15)30(17-6-8-35-9-7-17)20-13-28-12-19(24(27)33)22(31)23(32)21(28)25(34)29(14)20/h2-5,12,14,17-18,20,32H,6-11,13H2,1H3,(H2,27,33). The number of benzene rings is 1. The molecule has 2 fully saturated rings. The molecular formula is C25H29FN4O4S. The van der Waals surface area contributed by atoms with Crippen molar-refractivity contribution in [1.29, 1.82) is 0 Å². The predicted molar refractivity (Wildman–Crippen MR) is 131 cm³/mol. The Kier molecular flexibility index (Phi) is 6.35. The number of primary amides is 1. The van der Waals surface area contributed by atoms with Gasteiger partial charge in [-0.1, -0.05) is 12.1 Å². The summed E-state index contributed by atoms with van der Waals surface area (Å²) in [4.78, 5) is 42.2. The van der Waals surface area contributed by atoms with Crippen LogP contribution in [0.2, 0.25) is 0 Å². The highest BCUT2D eigenvalue weighted by Crippen LogP contribution is 2.38. The number of hydrogen-bond donors (Lipinski definition) is 2. The molecule has 2 amide bonds. The number of halogens is 1. The van der Waals surface area contributed by atoms with E-state index in [1.54, 1.807) is 4.90 Å². The highest BCUT2D eigenvalue weighted by molar-refractivity contribution is 7.99. The van der Waals surface area contributed by atoms with Gasteiger partial charge >= 0.3 is 0 Å². The first-order valence-electron chi connectivity index (χ1n) is 11.9. The molecule has 0 radical (unpaired) electrons. The lowest BCUT2D eigenvalue weighted by molar-refractivity contribution is -0.0834. The molecule has 3 aliphatic rings. The van der Waals surface area contributed by atoms with Crippen LogP contribution >= 0.6 is 11.8 Å². The van der Waals surface area contributed by atoms with Crippen molar-refractivity contribution in [2.45, 2.75) is 63.4 Å². The topological polar surface area (TPSA) is 109 Å². The number of fused-ring (bicyclic) bond motifs is 2. The lowest BCUT2D eigenvalue weighted by atomic mass is 9.89. The van der Waals surface area contributed by atoms with Gasteiger partial charge in [-0.15, -0.1) is 0 Å². The van der Waals surface area contributed by atoms with Gasteiger partial charge in [0.25, 0.3) is 11.8 Å². The second-order valence-electron chi connectivity index (χ2n) is 9.64. The number of hydrogen-bond acceptors (Lipinski definition) is 6. The normalized spacial score (nSPS) is 25.3. The van der Waals surface area contributed by atoms with E-state index in [9.17, 15) is 23.9 Å². The molecule has 4 heterocycles. The number of amides is 2. The Morgan fingerprint density at radius 2 is 1.89 bits per heavy atom. The van der Waals surface area contributed by atoms with Gasteiger partial charge in [0.05, 0.1) is 6.54 Å². The van der Waals surface area contributed by atoms with Crippen molar-refractivity contribution in [3.8, 4) is 5.75 Å². The van der Waals surface area contributed by atoms with Gasteiger partial charge in [0.1, 0.15) is 17.5 Å². The molecule has 10 heteroatoms. The summed E-state index contributed by atoms with van der Waals surface area (Å²) in [5, 5.41) is 10.6. The summed E-state index contributed by atoms with van der Waals surface area (Å²) in [7, 11) is 0. The summed E-state index contributed by atoms with van der Waals surface area (Å²) in [6.45, 7) is 2.29. The molecule has 5 rings (SSSR count). The number of rotatable bonds is 4. The van der Waals surface area contributed by atoms with Crippen LogP contribution in [-0.2, 0) is 13.0 Å². The van der Waals surface area contributed by atoms with Crippen LogP contribution in [-0.4, -0.2) is 67.1 Å². The van der Waals surface area contributed by atoms with Crippen LogP contribution in [0.5, 0.6) is 5.75 Å². The molecule has 186 valence electrons. The van der Waals surface area contributed by atoms with Crippen molar-refractivity contribution in [2.75, 3.05) is 11.5 Å². The maximum atomic E-state index is 13.7. The Bertz CT molecular complexity index is 1210. The molecule has 0 saturated carbocycles. The Labute approximate surface area is 206 Å². The van der Waals surface area contributed by atoms with Crippen molar-refractivity contribution in [3.05, 3.63) is 63.3 Å². The van der Waals surface area contributed by atoms with Gasteiger partial charge in [0, 0.05) is 24.3 Å². The average Bonchev–Trinajstić information content (AvgIpc) is 2.83. The Balaban J connectivity index is 1.57. The van der Waals surface area contributed by atoms with Gasteiger partial charge in [-0.05, 0) is 61.8 Å². The number of aromatic nitrogens is 1. The SMILES string of the molecule is CC1CC(Cc2ccc(F)cc2)N(C2CCSCC2)C2Cn3cc(C(N)=O)c(=O)c(O)c3C(=O)N12. The minimum Gasteiger partial charge on any atom is -0.503 e. The summed E-state index contributed by atoms with van der Waals surface area (Å²) < 4.78 is 15.0. The predicted octanol–water partition coefficient (Wildman–Crippen LogP) is 2.17. The van der Waals surface area contributed by atoms with Crippen LogP contribution < -0.4 is 11.2 Å². The minimum atomic E-state index is -0.942. The van der Waals surface area contributed by atoms with Crippen LogP contribution in [0.15, 0.2) is 35.3 Å². The number of pyridine rings is 1. The van der Waals surface area contributed by atoms with Gasteiger partial charge in [-0.3, -0.25) is 19.3 Å². The van der Waals surface area contributed by atoms with Gasteiger partial charge in [0.15, 0.2) is 11.4 Å². The zero-order chi connectivity index (χ0) is 24.9. The highest BCUT2D eigenvalue weighted by Gasteiger charge is 2.48. The fraction of sp³-hybridized carbons (Fsp3) is 0.480. The molecule has 2 aromatic rings. The molecular weight excluding hydrogens is 471 g/mol. The van der Waals surface area contributed by atoms with E-state index in [0.29, 0.717) is 13.0 Å². The van der Waals surface area contributed by atoms with E-state index in [4.69, 9.17) is 5.73 Å². The molecule has 3 N–H and O–H groups in total. The fourth-order valence-corrected chi connectivity index (χ4v) is 7.01. The maximum absolute atomic E-state index is 13.7. The molecule has 0 spiro atoms. The van der Waals surface area contributed by atoms with Crippen LogP contribution in [0.4, 0.5) is 4.39 Å². The first-order chi connectivity index (χ1) is 16.8. The van der Waals surface area contributed by atoms with E-state index >= 15 is 0 Å². The molecule has 1 aromatic carbocycles. The molecule has 3 unspecified atom stereocenters. The van der Waals surface area contributed by atoms with Gasteiger partial charge < -0.3 is 20.3 Å². The van der Waals surface area contributed by atoms with Crippen molar-refractivity contribution in [2.24, 2.45) is 5.73 Å². The highest BCUT2D eigenvalue weighted by atomic mass is 32.2. The molecule has 3 aliphatic heterocycles. The quantitative estimate of drug-likeness (QED) is 0.666. The van der Waals surface area contributed by atoms with E-state index in [2.05, 4.69) is 4.90 Å². The second-order valence-corrected chi connectivity index (χ2v) is 10.9. The van der Waals surface area contributed by atoms with Crippen molar-refractivity contribution in [1.82, 2.24) is 14.4 Å². The summed E-state index contributed by atoms with van der Waals surface area (Å²) in [6, 6.07) is 6.82. The summed E-state index contributed by atoms with van der Waals surface area (Å²) >= 11 is 1.92. The van der Waals surface area contributed by atoms with Crippen molar-refractivity contribution >= 4 is 23.6 Å². The lowest BCUT2D eigenvalue weighted by Gasteiger charge is -2.56. The molecule has 2 saturated heterocycles. The third kappa shape index (κ3) is 4.23. The fourth-order valence-electron chi connectivity index (χ4n) is 5.93. The largest absolute Gasteiger partial charge is 0.503 e. The molecule has 1 aromatic heterocycles. The maximum Gasteiger partial charge on any atom is 0.276 e.